The Hall–Kier alpha value is -0.615. The molecule has 0 atom stereocenters. The highest BCUT2D eigenvalue weighted by Crippen LogP contribution is 2.45. The van der Waals surface area contributed by atoms with E-state index >= 15 is 0 Å². The molecule has 1 saturated carbocycles. The fourth-order valence-corrected chi connectivity index (χ4v) is 2.81. The van der Waals surface area contributed by atoms with Crippen molar-refractivity contribution in [3.8, 4) is 0 Å². The zero-order chi connectivity index (χ0) is 14.8. The Kier molecular flexibility index (Phi) is 3.01. The fraction of sp³-hybridized carbons (Fsp3) is 0.643. The minimum atomic E-state index is -0.519. The molecular formula is C14H20BClN2O2. The van der Waals surface area contributed by atoms with Gasteiger partial charge < -0.3 is 15.0 Å². The zero-order valence-electron chi connectivity index (χ0n) is 12.4. The predicted octanol–water partition coefficient (Wildman–Crippen LogP) is 1.98. The Morgan fingerprint density at radius 3 is 2.25 bits per heavy atom. The van der Waals surface area contributed by atoms with Crippen molar-refractivity contribution in [1.82, 2.24) is 4.98 Å². The Labute approximate surface area is 125 Å². The molecule has 1 saturated heterocycles. The largest absolute Gasteiger partial charge is 0.514 e. The first-order valence-electron chi connectivity index (χ1n) is 6.96. The first-order chi connectivity index (χ1) is 9.16. The third kappa shape index (κ3) is 2.08. The van der Waals surface area contributed by atoms with Crippen LogP contribution >= 0.6 is 11.6 Å². The highest BCUT2D eigenvalue weighted by molar-refractivity contribution is 6.62. The van der Waals surface area contributed by atoms with Gasteiger partial charge in [-0.3, -0.25) is 4.98 Å². The standard InChI is InChI=1S/C14H20BClN2O2/c1-12(2)13(3,4)20-15(19-12)11-10(14(17)6-7-14)9(16)5-8-18-11/h5,8H,6-7,17H2,1-4H3. The van der Waals surface area contributed by atoms with Crippen molar-refractivity contribution >= 4 is 24.3 Å². The van der Waals surface area contributed by atoms with Crippen LogP contribution in [0, 0.1) is 0 Å². The average Bonchev–Trinajstić information content (AvgIpc) is 3.00. The lowest BCUT2D eigenvalue weighted by Crippen LogP contribution is -2.43. The van der Waals surface area contributed by atoms with E-state index in [4.69, 9.17) is 26.6 Å². The summed E-state index contributed by atoms with van der Waals surface area (Å²) in [6.45, 7) is 8.08. The number of aromatic nitrogens is 1. The van der Waals surface area contributed by atoms with Gasteiger partial charge in [-0.1, -0.05) is 11.6 Å². The first kappa shape index (κ1) is 14.3. The lowest BCUT2D eigenvalue weighted by Gasteiger charge is -2.32. The maximum atomic E-state index is 6.34. The number of rotatable bonds is 2. The molecule has 1 aliphatic carbocycles. The quantitative estimate of drug-likeness (QED) is 0.848. The van der Waals surface area contributed by atoms with Crippen molar-refractivity contribution in [2.45, 2.75) is 57.3 Å². The van der Waals surface area contributed by atoms with E-state index in [1.54, 1.807) is 12.3 Å². The highest BCUT2D eigenvalue weighted by atomic mass is 35.5. The second-order valence-electron chi connectivity index (χ2n) is 6.80. The van der Waals surface area contributed by atoms with Gasteiger partial charge in [0.2, 0.25) is 0 Å². The molecule has 0 spiro atoms. The van der Waals surface area contributed by atoms with E-state index in [9.17, 15) is 0 Å². The van der Waals surface area contributed by atoms with Crippen LogP contribution in [0.4, 0.5) is 0 Å². The van der Waals surface area contributed by atoms with Gasteiger partial charge in [0.25, 0.3) is 0 Å². The highest BCUT2D eigenvalue weighted by Gasteiger charge is 2.55. The van der Waals surface area contributed by atoms with E-state index < -0.39 is 18.3 Å². The van der Waals surface area contributed by atoms with Crippen LogP contribution in [-0.2, 0) is 14.8 Å². The Morgan fingerprint density at radius 1 is 1.20 bits per heavy atom. The third-order valence-corrected chi connectivity index (χ3v) is 5.01. The Bertz CT molecular complexity index is 542. The molecule has 0 aromatic carbocycles. The van der Waals surface area contributed by atoms with Gasteiger partial charge in [0.05, 0.1) is 16.8 Å². The summed E-state index contributed by atoms with van der Waals surface area (Å²) in [6.07, 6.45) is 3.52. The molecule has 2 N–H and O–H groups in total. The van der Waals surface area contributed by atoms with Gasteiger partial charge in [-0.15, -0.1) is 0 Å². The molecule has 2 aliphatic rings. The first-order valence-corrected chi connectivity index (χ1v) is 7.33. The summed E-state index contributed by atoms with van der Waals surface area (Å²) in [6, 6.07) is 1.78. The predicted molar refractivity (Wildman–Crippen MR) is 80.1 cm³/mol. The lowest BCUT2D eigenvalue weighted by molar-refractivity contribution is 0.00578. The van der Waals surface area contributed by atoms with Gasteiger partial charge >= 0.3 is 7.12 Å². The molecule has 6 heteroatoms. The molecule has 0 amide bonds. The van der Waals surface area contributed by atoms with Gasteiger partial charge in [-0.05, 0) is 46.6 Å². The van der Waals surface area contributed by atoms with Crippen LogP contribution in [0.2, 0.25) is 5.02 Å². The monoisotopic (exact) mass is 294 g/mol. The molecule has 20 heavy (non-hydrogen) atoms. The van der Waals surface area contributed by atoms with Crippen molar-refractivity contribution in [3.05, 3.63) is 22.8 Å². The van der Waals surface area contributed by atoms with Gasteiger partial charge in [0.1, 0.15) is 0 Å². The summed E-state index contributed by atoms with van der Waals surface area (Å²) in [5.74, 6) is 0. The number of nitrogens with two attached hydrogens (primary N) is 1. The minimum absolute atomic E-state index is 0.371. The van der Waals surface area contributed by atoms with Gasteiger partial charge in [0.15, 0.2) is 0 Å². The number of hydrogen-bond acceptors (Lipinski definition) is 4. The van der Waals surface area contributed by atoms with E-state index in [1.807, 2.05) is 27.7 Å². The Balaban J connectivity index is 2.03. The molecule has 3 rings (SSSR count). The van der Waals surface area contributed by atoms with Crippen molar-refractivity contribution < 1.29 is 9.31 Å². The van der Waals surface area contributed by atoms with Crippen molar-refractivity contribution in [2.24, 2.45) is 5.73 Å². The third-order valence-electron chi connectivity index (χ3n) is 4.69. The summed E-state index contributed by atoms with van der Waals surface area (Å²) in [5, 5.41) is 0.643. The van der Waals surface area contributed by atoms with Crippen molar-refractivity contribution in [2.75, 3.05) is 0 Å². The number of halogens is 1. The van der Waals surface area contributed by atoms with E-state index in [1.165, 1.54) is 0 Å². The molecular weight excluding hydrogens is 274 g/mol. The normalized spacial score (nSPS) is 25.8. The molecule has 0 bridgehead atoms. The molecule has 1 aromatic rings. The maximum absolute atomic E-state index is 6.34. The van der Waals surface area contributed by atoms with Crippen LogP contribution in [0.3, 0.4) is 0 Å². The van der Waals surface area contributed by atoms with Crippen LogP contribution in [0.25, 0.3) is 0 Å². The Morgan fingerprint density at radius 2 is 1.75 bits per heavy atom. The molecule has 2 heterocycles. The summed E-state index contributed by atoms with van der Waals surface area (Å²) in [7, 11) is -0.519. The van der Waals surface area contributed by atoms with Crippen molar-refractivity contribution in [3.63, 3.8) is 0 Å². The van der Waals surface area contributed by atoms with E-state index in [2.05, 4.69) is 4.98 Å². The number of hydrogen-bond donors (Lipinski definition) is 1. The molecule has 108 valence electrons. The summed E-state index contributed by atoms with van der Waals surface area (Å²) < 4.78 is 12.1. The molecule has 2 fully saturated rings. The average molecular weight is 295 g/mol. The lowest BCUT2D eigenvalue weighted by atomic mass is 9.78. The molecule has 0 radical (unpaired) electrons. The van der Waals surface area contributed by atoms with Gasteiger partial charge in [0, 0.05) is 22.3 Å². The smallest absolute Gasteiger partial charge is 0.398 e. The van der Waals surface area contributed by atoms with Gasteiger partial charge in [-0.2, -0.15) is 0 Å². The topological polar surface area (TPSA) is 57.4 Å². The second kappa shape index (κ2) is 4.20. The molecule has 0 unspecified atom stereocenters. The minimum Gasteiger partial charge on any atom is -0.398 e. The van der Waals surface area contributed by atoms with Crippen LogP contribution in [0.15, 0.2) is 12.3 Å². The van der Waals surface area contributed by atoms with Crippen LogP contribution < -0.4 is 11.3 Å². The van der Waals surface area contributed by atoms with Crippen LogP contribution in [0.1, 0.15) is 46.1 Å². The second-order valence-corrected chi connectivity index (χ2v) is 7.20. The van der Waals surface area contributed by atoms with E-state index in [0.29, 0.717) is 5.02 Å². The number of pyridine rings is 1. The zero-order valence-corrected chi connectivity index (χ0v) is 13.1. The molecule has 1 aromatic heterocycles. The SMILES string of the molecule is CC1(C)OB(c2nccc(Cl)c2C2(N)CC2)OC1(C)C. The summed E-state index contributed by atoms with van der Waals surface area (Å²) >= 11 is 6.34. The van der Waals surface area contributed by atoms with Crippen molar-refractivity contribution in [1.29, 1.82) is 0 Å². The summed E-state index contributed by atoms with van der Waals surface area (Å²) in [4.78, 5) is 4.44. The van der Waals surface area contributed by atoms with E-state index in [0.717, 1.165) is 24.0 Å². The fourth-order valence-electron chi connectivity index (χ4n) is 2.46. The van der Waals surface area contributed by atoms with E-state index in [-0.39, 0.29) is 5.54 Å². The van der Waals surface area contributed by atoms with Crippen LogP contribution in [-0.4, -0.2) is 23.3 Å². The summed E-state index contributed by atoms with van der Waals surface area (Å²) in [5.41, 5.74) is 6.76. The molecule has 4 nitrogen and oxygen atoms in total. The van der Waals surface area contributed by atoms with Gasteiger partial charge in [-0.25, -0.2) is 0 Å². The molecule has 1 aliphatic heterocycles. The number of nitrogens with zero attached hydrogens (tertiary/aromatic N) is 1. The van der Waals surface area contributed by atoms with Crippen LogP contribution in [0.5, 0.6) is 0 Å². The maximum Gasteiger partial charge on any atom is 0.514 e.